The van der Waals surface area contributed by atoms with E-state index in [1.807, 2.05) is 6.92 Å². The van der Waals surface area contributed by atoms with Crippen molar-refractivity contribution < 1.29 is 8.42 Å². The number of halogens is 1. The van der Waals surface area contributed by atoms with Gasteiger partial charge in [0, 0.05) is 11.9 Å². The highest BCUT2D eigenvalue weighted by Gasteiger charge is 2.18. The van der Waals surface area contributed by atoms with E-state index in [1.54, 1.807) is 19.1 Å². The molecule has 0 amide bonds. The van der Waals surface area contributed by atoms with Crippen molar-refractivity contribution in [1.82, 2.24) is 9.97 Å². The van der Waals surface area contributed by atoms with E-state index in [9.17, 15) is 8.42 Å². The molecule has 21 heavy (non-hydrogen) atoms. The lowest BCUT2D eigenvalue weighted by atomic mass is 10.3. The minimum absolute atomic E-state index is 0.0634. The molecule has 0 spiro atoms. The third kappa shape index (κ3) is 3.41. The Labute approximate surface area is 127 Å². The van der Waals surface area contributed by atoms with Crippen LogP contribution in [0.15, 0.2) is 29.3 Å². The van der Waals surface area contributed by atoms with Crippen LogP contribution < -0.4 is 16.0 Å². The molecule has 0 aliphatic rings. The van der Waals surface area contributed by atoms with E-state index in [4.69, 9.17) is 17.4 Å². The van der Waals surface area contributed by atoms with Gasteiger partial charge in [-0.1, -0.05) is 11.6 Å². The minimum Gasteiger partial charge on any atom is -0.307 e. The van der Waals surface area contributed by atoms with Gasteiger partial charge in [0.2, 0.25) is 0 Å². The van der Waals surface area contributed by atoms with Crippen LogP contribution in [-0.4, -0.2) is 18.4 Å². The van der Waals surface area contributed by atoms with E-state index in [0.717, 1.165) is 5.69 Å². The quantitative estimate of drug-likeness (QED) is 0.583. The van der Waals surface area contributed by atoms with Gasteiger partial charge in [0.25, 0.3) is 10.0 Å². The maximum absolute atomic E-state index is 12.3. The van der Waals surface area contributed by atoms with Gasteiger partial charge in [0.15, 0.2) is 5.82 Å². The second kappa shape index (κ2) is 5.84. The molecule has 9 heteroatoms. The Hall–Kier alpha value is -1.90. The van der Waals surface area contributed by atoms with Gasteiger partial charge < -0.3 is 5.43 Å². The summed E-state index contributed by atoms with van der Waals surface area (Å²) in [4.78, 5) is 7.98. The van der Waals surface area contributed by atoms with E-state index in [1.165, 1.54) is 12.3 Å². The molecule has 0 aromatic carbocycles. The Balaban J connectivity index is 2.36. The molecule has 4 N–H and O–H groups in total. The van der Waals surface area contributed by atoms with E-state index < -0.39 is 10.0 Å². The number of nitrogen functional groups attached to an aromatic ring is 1. The SMILES string of the molecule is Cc1ccc(NS(=O)(=O)c2cnc(NN)c(Cl)c2)c(C)n1. The molecule has 112 valence electrons. The second-order valence-electron chi connectivity index (χ2n) is 4.34. The molecule has 0 saturated carbocycles. The Morgan fingerprint density at radius 3 is 2.57 bits per heavy atom. The van der Waals surface area contributed by atoms with Crippen LogP contribution in [0, 0.1) is 13.8 Å². The van der Waals surface area contributed by atoms with Crippen molar-refractivity contribution in [3.63, 3.8) is 0 Å². The fraction of sp³-hybridized carbons (Fsp3) is 0.167. The number of rotatable bonds is 4. The molecule has 0 unspecified atom stereocenters. The third-order valence-corrected chi connectivity index (χ3v) is 4.35. The van der Waals surface area contributed by atoms with Crippen LogP contribution in [0.3, 0.4) is 0 Å². The molecular weight excluding hydrogens is 314 g/mol. The van der Waals surface area contributed by atoms with E-state index in [-0.39, 0.29) is 15.7 Å². The van der Waals surface area contributed by atoms with Crippen molar-refractivity contribution in [2.45, 2.75) is 18.7 Å². The van der Waals surface area contributed by atoms with Gasteiger partial charge in [0.1, 0.15) is 4.90 Å². The lowest BCUT2D eigenvalue weighted by molar-refractivity contribution is 0.600. The number of sulfonamides is 1. The Morgan fingerprint density at radius 2 is 2.00 bits per heavy atom. The van der Waals surface area contributed by atoms with Crippen LogP contribution in [-0.2, 0) is 10.0 Å². The lowest BCUT2D eigenvalue weighted by Crippen LogP contribution is -2.16. The maximum atomic E-state index is 12.3. The van der Waals surface area contributed by atoms with Crippen molar-refractivity contribution >= 4 is 33.1 Å². The second-order valence-corrected chi connectivity index (χ2v) is 6.43. The van der Waals surface area contributed by atoms with Gasteiger partial charge in [-0.2, -0.15) is 0 Å². The number of anilines is 2. The molecular formula is C12H14ClN5O2S. The Morgan fingerprint density at radius 1 is 1.29 bits per heavy atom. The molecule has 0 aliphatic heterocycles. The van der Waals surface area contributed by atoms with E-state index in [0.29, 0.717) is 11.4 Å². The van der Waals surface area contributed by atoms with Crippen LogP contribution in [0.1, 0.15) is 11.4 Å². The summed E-state index contributed by atoms with van der Waals surface area (Å²) in [5.41, 5.74) is 4.06. The molecule has 0 fully saturated rings. The highest BCUT2D eigenvalue weighted by molar-refractivity contribution is 7.92. The fourth-order valence-corrected chi connectivity index (χ4v) is 3.04. The predicted octanol–water partition coefficient (Wildman–Crippen LogP) is 1.83. The molecule has 0 bridgehead atoms. The summed E-state index contributed by atoms with van der Waals surface area (Å²) < 4.78 is 27.1. The zero-order valence-corrected chi connectivity index (χ0v) is 13.0. The lowest BCUT2D eigenvalue weighted by Gasteiger charge is -2.11. The van der Waals surface area contributed by atoms with E-state index in [2.05, 4.69) is 20.1 Å². The summed E-state index contributed by atoms with van der Waals surface area (Å²) in [5, 5.41) is 0.110. The fourth-order valence-electron chi connectivity index (χ4n) is 1.67. The van der Waals surface area contributed by atoms with Gasteiger partial charge in [-0.3, -0.25) is 9.71 Å². The first-order valence-electron chi connectivity index (χ1n) is 5.92. The molecule has 2 rings (SSSR count). The predicted molar refractivity (Wildman–Crippen MR) is 81.6 cm³/mol. The number of nitrogens with two attached hydrogens (primary N) is 1. The smallest absolute Gasteiger partial charge is 0.263 e. The number of aryl methyl sites for hydroxylation is 2. The van der Waals surface area contributed by atoms with Crippen LogP contribution in [0.25, 0.3) is 0 Å². The van der Waals surface area contributed by atoms with Crippen molar-refractivity contribution in [3.05, 3.63) is 40.8 Å². The Bertz CT molecular complexity index is 779. The molecule has 2 heterocycles. The molecule has 0 atom stereocenters. The van der Waals surface area contributed by atoms with Crippen molar-refractivity contribution in [2.75, 3.05) is 10.1 Å². The number of aromatic nitrogens is 2. The molecule has 2 aromatic rings. The summed E-state index contributed by atoms with van der Waals surface area (Å²) in [6, 6.07) is 4.64. The number of nitrogens with one attached hydrogen (secondary N) is 2. The average Bonchev–Trinajstić information content (AvgIpc) is 2.42. The number of hydrazine groups is 1. The largest absolute Gasteiger partial charge is 0.307 e. The first-order valence-corrected chi connectivity index (χ1v) is 7.79. The third-order valence-electron chi connectivity index (χ3n) is 2.73. The Kier molecular flexibility index (Phi) is 4.31. The molecule has 0 aliphatic carbocycles. The van der Waals surface area contributed by atoms with Crippen molar-refractivity contribution in [3.8, 4) is 0 Å². The van der Waals surface area contributed by atoms with Crippen LogP contribution >= 0.6 is 11.6 Å². The normalized spacial score (nSPS) is 11.2. The van der Waals surface area contributed by atoms with Crippen molar-refractivity contribution in [1.29, 1.82) is 0 Å². The first-order chi connectivity index (χ1) is 9.83. The van der Waals surface area contributed by atoms with Crippen molar-refractivity contribution in [2.24, 2.45) is 5.84 Å². The monoisotopic (exact) mass is 327 g/mol. The van der Waals surface area contributed by atoms with Crippen LogP contribution in [0.4, 0.5) is 11.5 Å². The molecule has 7 nitrogen and oxygen atoms in total. The summed E-state index contributed by atoms with van der Waals surface area (Å²) in [6.07, 6.45) is 1.17. The maximum Gasteiger partial charge on any atom is 0.263 e. The van der Waals surface area contributed by atoms with Gasteiger partial charge in [-0.15, -0.1) is 0 Å². The highest BCUT2D eigenvalue weighted by atomic mass is 35.5. The number of hydrogen-bond acceptors (Lipinski definition) is 6. The van der Waals surface area contributed by atoms with Gasteiger partial charge >= 0.3 is 0 Å². The molecule has 2 aromatic heterocycles. The van der Waals surface area contributed by atoms with Crippen LogP contribution in [0.2, 0.25) is 5.02 Å². The minimum atomic E-state index is -3.80. The van der Waals surface area contributed by atoms with Gasteiger partial charge in [-0.05, 0) is 32.0 Å². The standard InChI is InChI=1S/C12H14ClN5O2S/c1-7-3-4-11(8(2)16-7)18-21(19,20)9-5-10(13)12(17-14)15-6-9/h3-6,18H,14H2,1-2H3,(H,15,17). The number of pyridine rings is 2. The van der Waals surface area contributed by atoms with Gasteiger partial charge in [-0.25, -0.2) is 19.2 Å². The highest BCUT2D eigenvalue weighted by Crippen LogP contribution is 2.24. The summed E-state index contributed by atoms with van der Waals surface area (Å²) >= 11 is 5.88. The van der Waals surface area contributed by atoms with Gasteiger partial charge in [0.05, 0.1) is 16.4 Å². The first kappa shape index (κ1) is 15.5. The number of nitrogens with zero attached hydrogens (tertiary/aromatic N) is 2. The van der Waals surface area contributed by atoms with Crippen LogP contribution in [0.5, 0.6) is 0 Å². The summed E-state index contributed by atoms with van der Waals surface area (Å²) in [6.45, 7) is 3.55. The number of hydrogen-bond donors (Lipinski definition) is 3. The zero-order valence-electron chi connectivity index (χ0n) is 11.4. The average molecular weight is 328 g/mol. The topological polar surface area (TPSA) is 110 Å². The zero-order chi connectivity index (χ0) is 15.6. The summed E-state index contributed by atoms with van der Waals surface area (Å²) in [7, 11) is -3.80. The summed E-state index contributed by atoms with van der Waals surface area (Å²) in [5.74, 6) is 5.40. The molecule has 0 radical (unpaired) electrons. The van der Waals surface area contributed by atoms with E-state index >= 15 is 0 Å². The molecule has 0 saturated heterocycles.